The Morgan fingerprint density at radius 3 is 2.57 bits per heavy atom. The first kappa shape index (κ1) is 20.6. The van der Waals surface area contributed by atoms with Gasteiger partial charge in [-0.05, 0) is 62.6 Å². The topological polar surface area (TPSA) is 116 Å². The molecule has 30 heavy (non-hydrogen) atoms. The molecule has 0 saturated heterocycles. The number of fused-ring (bicyclic) bond motifs is 1. The molecule has 1 amide bonds. The molecule has 1 aromatic heterocycles. The average Bonchev–Trinajstić information content (AvgIpc) is 2.98. The lowest BCUT2D eigenvalue weighted by Crippen LogP contribution is -2.33. The lowest BCUT2D eigenvalue weighted by Gasteiger charge is -2.29. The molecule has 0 atom stereocenters. The molecule has 2 aromatic rings. The fourth-order valence-corrected chi connectivity index (χ4v) is 4.84. The van der Waals surface area contributed by atoms with Crippen LogP contribution in [0.5, 0.6) is 0 Å². The summed E-state index contributed by atoms with van der Waals surface area (Å²) in [6.07, 6.45) is 5.16. The van der Waals surface area contributed by atoms with Gasteiger partial charge in [0.05, 0.1) is 28.2 Å². The summed E-state index contributed by atoms with van der Waals surface area (Å²) < 4.78 is 1.86. The Labute approximate surface area is 177 Å². The smallest absolute Gasteiger partial charge is 0.250 e. The summed E-state index contributed by atoms with van der Waals surface area (Å²) in [5.41, 5.74) is 16.0. The molecule has 0 bridgehead atoms. The largest absolute Gasteiger partial charge is 0.382 e. The number of carbonyl (C=O) groups excluding carboxylic acids is 2. The van der Waals surface area contributed by atoms with Crippen molar-refractivity contribution in [2.75, 3.05) is 5.32 Å². The van der Waals surface area contributed by atoms with Crippen LogP contribution in [0.15, 0.2) is 18.2 Å². The summed E-state index contributed by atoms with van der Waals surface area (Å²) in [5, 5.41) is 8.20. The Balaban J connectivity index is 1.73. The third-order valence-electron chi connectivity index (χ3n) is 6.36. The summed E-state index contributed by atoms with van der Waals surface area (Å²) in [7, 11) is 0. The van der Waals surface area contributed by atoms with Crippen molar-refractivity contribution in [2.45, 2.75) is 71.4 Å². The minimum absolute atomic E-state index is 0.108. The number of anilines is 1. The van der Waals surface area contributed by atoms with Crippen LogP contribution in [0.4, 0.5) is 5.69 Å². The van der Waals surface area contributed by atoms with Crippen molar-refractivity contribution in [3.8, 4) is 5.69 Å². The van der Waals surface area contributed by atoms with Gasteiger partial charge in [0.25, 0.3) is 5.91 Å². The van der Waals surface area contributed by atoms with E-state index in [-0.39, 0.29) is 23.3 Å². The first-order valence-corrected chi connectivity index (χ1v) is 10.7. The van der Waals surface area contributed by atoms with Gasteiger partial charge in [0.2, 0.25) is 0 Å². The van der Waals surface area contributed by atoms with Crippen LogP contribution in [0.25, 0.3) is 5.69 Å². The zero-order valence-corrected chi connectivity index (χ0v) is 18.0. The van der Waals surface area contributed by atoms with Crippen molar-refractivity contribution >= 4 is 17.4 Å². The summed E-state index contributed by atoms with van der Waals surface area (Å²) in [5.74, 6) is -0.317. The number of carbonyl (C=O) groups is 2. The maximum atomic E-state index is 12.7. The van der Waals surface area contributed by atoms with E-state index in [4.69, 9.17) is 11.5 Å². The van der Waals surface area contributed by atoms with Crippen LogP contribution in [0.1, 0.15) is 78.1 Å². The standard InChI is InChI=1S/C23H31N5O2/c1-13-21-19(11-23(2,3)12-20(21)29)28(27-13)16-8-9-17(22(25)30)18(10-16)26-15-6-4-14(24)5-7-15/h8-10,14-15,26H,4-7,11-12,24H2,1-3H3,(H2,25,30)/t14-,15-. The van der Waals surface area contributed by atoms with E-state index in [0.29, 0.717) is 17.7 Å². The van der Waals surface area contributed by atoms with Crippen LogP contribution in [0.2, 0.25) is 0 Å². The van der Waals surface area contributed by atoms with Gasteiger partial charge >= 0.3 is 0 Å². The normalized spacial score (nSPS) is 23.1. The predicted molar refractivity (Wildman–Crippen MR) is 117 cm³/mol. The Morgan fingerprint density at radius 2 is 1.90 bits per heavy atom. The fraction of sp³-hybridized carbons (Fsp3) is 0.522. The number of benzene rings is 1. The number of hydrogen-bond acceptors (Lipinski definition) is 5. The molecule has 0 aliphatic heterocycles. The van der Waals surface area contributed by atoms with Gasteiger partial charge in [-0.2, -0.15) is 5.10 Å². The highest BCUT2D eigenvalue weighted by atomic mass is 16.1. The zero-order chi connectivity index (χ0) is 21.6. The van der Waals surface area contributed by atoms with Gasteiger partial charge < -0.3 is 16.8 Å². The number of primary amides is 1. The van der Waals surface area contributed by atoms with Crippen molar-refractivity contribution in [1.29, 1.82) is 0 Å². The number of amides is 1. The van der Waals surface area contributed by atoms with Gasteiger partial charge in [-0.25, -0.2) is 4.68 Å². The number of nitrogens with zero attached hydrogens (tertiary/aromatic N) is 2. The molecule has 2 aliphatic rings. The van der Waals surface area contributed by atoms with Crippen molar-refractivity contribution < 1.29 is 9.59 Å². The minimum Gasteiger partial charge on any atom is -0.382 e. The lowest BCUT2D eigenvalue weighted by molar-refractivity contribution is 0.0909. The molecule has 1 saturated carbocycles. The molecule has 7 heteroatoms. The predicted octanol–water partition coefficient (Wildman–Crippen LogP) is 3.12. The molecular formula is C23H31N5O2. The molecule has 7 nitrogen and oxygen atoms in total. The average molecular weight is 410 g/mol. The third-order valence-corrected chi connectivity index (χ3v) is 6.36. The summed E-state index contributed by atoms with van der Waals surface area (Å²) >= 11 is 0. The second kappa shape index (κ2) is 7.54. The monoisotopic (exact) mass is 409 g/mol. The number of rotatable bonds is 4. The molecule has 4 rings (SSSR count). The zero-order valence-electron chi connectivity index (χ0n) is 18.0. The number of nitrogens with two attached hydrogens (primary N) is 2. The molecule has 1 fully saturated rings. The van der Waals surface area contributed by atoms with Gasteiger partial charge in [-0.1, -0.05) is 13.8 Å². The quantitative estimate of drug-likeness (QED) is 0.717. The Kier molecular flexibility index (Phi) is 5.18. The van der Waals surface area contributed by atoms with E-state index >= 15 is 0 Å². The lowest BCUT2D eigenvalue weighted by atomic mass is 9.75. The van der Waals surface area contributed by atoms with Crippen LogP contribution in [0.3, 0.4) is 0 Å². The molecule has 160 valence electrons. The Hall–Kier alpha value is -2.67. The summed E-state index contributed by atoms with van der Waals surface area (Å²) in [6.45, 7) is 6.10. The van der Waals surface area contributed by atoms with Crippen molar-refractivity contribution in [3.05, 3.63) is 40.7 Å². The maximum absolute atomic E-state index is 12.7. The van der Waals surface area contributed by atoms with Crippen molar-refractivity contribution in [2.24, 2.45) is 16.9 Å². The molecule has 1 heterocycles. The number of ketones is 1. The van der Waals surface area contributed by atoms with Gasteiger partial charge in [-0.3, -0.25) is 9.59 Å². The van der Waals surface area contributed by atoms with Gasteiger partial charge in [0.15, 0.2) is 5.78 Å². The molecule has 2 aliphatic carbocycles. The Bertz CT molecular complexity index is 999. The van der Waals surface area contributed by atoms with E-state index in [1.54, 1.807) is 6.07 Å². The molecule has 1 aromatic carbocycles. The number of aryl methyl sites for hydroxylation is 1. The molecular weight excluding hydrogens is 378 g/mol. The van der Waals surface area contributed by atoms with E-state index in [9.17, 15) is 9.59 Å². The van der Waals surface area contributed by atoms with Crippen LogP contribution in [0, 0.1) is 12.3 Å². The second-order valence-corrected chi connectivity index (χ2v) is 9.61. The van der Waals surface area contributed by atoms with E-state index < -0.39 is 5.91 Å². The highest BCUT2D eigenvalue weighted by Crippen LogP contribution is 2.37. The fourth-order valence-electron chi connectivity index (χ4n) is 4.84. The van der Waals surface area contributed by atoms with Crippen molar-refractivity contribution in [1.82, 2.24) is 9.78 Å². The van der Waals surface area contributed by atoms with Crippen molar-refractivity contribution in [3.63, 3.8) is 0 Å². The van der Waals surface area contributed by atoms with E-state index in [0.717, 1.165) is 54.7 Å². The SMILES string of the molecule is Cc1nn(-c2ccc(C(N)=O)c(N[C@H]3CC[C@H](N)CC3)c2)c2c1C(=O)CC(C)(C)C2. The number of nitrogens with one attached hydrogen (secondary N) is 1. The maximum Gasteiger partial charge on any atom is 0.250 e. The highest BCUT2D eigenvalue weighted by molar-refractivity contribution is 6.00. The van der Waals surface area contributed by atoms with E-state index in [1.165, 1.54) is 0 Å². The molecule has 0 spiro atoms. The van der Waals surface area contributed by atoms with Crippen LogP contribution in [-0.4, -0.2) is 33.6 Å². The minimum atomic E-state index is -0.466. The Morgan fingerprint density at radius 1 is 1.20 bits per heavy atom. The molecule has 0 radical (unpaired) electrons. The number of Topliss-reactive ketones (excluding diaryl/α,β-unsaturated/α-hetero) is 1. The van der Waals surface area contributed by atoms with E-state index in [2.05, 4.69) is 24.3 Å². The van der Waals surface area contributed by atoms with Gasteiger partial charge in [-0.15, -0.1) is 0 Å². The first-order valence-electron chi connectivity index (χ1n) is 10.7. The van der Waals surface area contributed by atoms with E-state index in [1.807, 2.05) is 23.7 Å². The van der Waals surface area contributed by atoms with Crippen LogP contribution >= 0.6 is 0 Å². The molecule has 5 N–H and O–H groups in total. The first-order chi connectivity index (χ1) is 14.1. The third kappa shape index (κ3) is 3.86. The second-order valence-electron chi connectivity index (χ2n) is 9.61. The van der Waals surface area contributed by atoms with Gasteiger partial charge in [0.1, 0.15) is 0 Å². The highest BCUT2D eigenvalue weighted by Gasteiger charge is 2.35. The van der Waals surface area contributed by atoms with Crippen LogP contribution < -0.4 is 16.8 Å². The molecule has 0 unspecified atom stereocenters. The number of aromatic nitrogens is 2. The van der Waals surface area contributed by atoms with Gasteiger partial charge in [0, 0.05) is 24.2 Å². The van der Waals surface area contributed by atoms with Crippen LogP contribution in [-0.2, 0) is 6.42 Å². The summed E-state index contributed by atoms with van der Waals surface area (Å²) in [4.78, 5) is 24.8. The summed E-state index contributed by atoms with van der Waals surface area (Å²) in [6, 6.07) is 6.03. The number of hydrogen-bond donors (Lipinski definition) is 3.